The zero-order valence-corrected chi connectivity index (χ0v) is 19.4. The van der Waals surface area contributed by atoms with Crippen molar-refractivity contribution in [2.75, 3.05) is 16.2 Å². The van der Waals surface area contributed by atoms with Crippen molar-refractivity contribution >= 4 is 48.9 Å². The molecule has 0 radical (unpaired) electrons. The molecule has 4 rings (SSSR count). The van der Waals surface area contributed by atoms with Crippen LogP contribution >= 0.6 is 11.3 Å². The van der Waals surface area contributed by atoms with E-state index in [-0.39, 0.29) is 9.77 Å². The number of sulfonamides is 1. The number of benzene rings is 3. The third-order valence-corrected chi connectivity index (χ3v) is 7.87. The Labute approximate surface area is 193 Å². The SMILES string of the molecule is Cc1ccc(N(CC(=O)Nc2ccc3c(c2)sc(=O)n3C)S(=O)(=O)c2ccc(F)cc2)cc1. The predicted octanol–water partition coefficient (Wildman–Crippen LogP) is 3.88. The van der Waals surface area contributed by atoms with Gasteiger partial charge in [-0.3, -0.25) is 13.9 Å². The number of anilines is 2. The number of halogens is 1. The van der Waals surface area contributed by atoms with Crippen LogP contribution in [0.5, 0.6) is 0 Å². The summed E-state index contributed by atoms with van der Waals surface area (Å²) in [4.78, 5) is 24.5. The van der Waals surface area contributed by atoms with Gasteiger partial charge in [-0.2, -0.15) is 0 Å². The molecule has 0 aliphatic carbocycles. The van der Waals surface area contributed by atoms with Crippen LogP contribution in [0.2, 0.25) is 0 Å². The molecule has 0 bridgehead atoms. The second-order valence-corrected chi connectivity index (χ2v) is 10.3. The minimum absolute atomic E-state index is 0.121. The molecule has 3 aromatic carbocycles. The molecule has 1 amide bonds. The van der Waals surface area contributed by atoms with Gasteiger partial charge in [-0.15, -0.1) is 0 Å². The zero-order chi connectivity index (χ0) is 23.8. The van der Waals surface area contributed by atoms with E-state index in [1.54, 1.807) is 49.5 Å². The highest BCUT2D eigenvalue weighted by molar-refractivity contribution is 7.92. The molecule has 0 saturated carbocycles. The van der Waals surface area contributed by atoms with Crippen LogP contribution in [0.25, 0.3) is 10.2 Å². The molecule has 4 aromatic rings. The van der Waals surface area contributed by atoms with Gasteiger partial charge < -0.3 is 9.88 Å². The van der Waals surface area contributed by atoms with Crippen LogP contribution in [0.4, 0.5) is 15.8 Å². The van der Waals surface area contributed by atoms with Gasteiger partial charge in [0.25, 0.3) is 10.0 Å². The Bertz CT molecular complexity index is 1490. The number of aromatic nitrogens is 1. The number of fused-ring (bicyclic) bond motifs is 1. The molecular formula is C23H20FN3O4S2. The van der Waals surface area contributed by atoms with Crippen molar-refractivity contribution in [2.24, 2.45) is 7.05 Å². The number of hydrogen-bond acceptors (Lipinski definition) is 5. The fourth-order valence-corrected chi connectivity index (χ4v) is 5.64. The normalized spacial score (nSPS) is 11.5. The lowest BCUT2D eigenvalue weighted by Gasteiger charge is -2.24. The summed E-state index contributed by atoms with van der Waals surface area (Å²) in [7, 11) is -2.48. The summed E-state index contributed by atoms with van der Waals surface area (Å²) in [6.07, 6.45) is 0. The summed E-state index contributed by atoms with van der Waals surface area (Å²) in [6, 6.07) is 16.2. The lowest BCUT2D eigenvalue weighted by atomic mass is 10.2. The first kappa shape index (κ1) is 22.7. The molecule has 0 spiro atoms. The number of hydrogen-bond donors (Lipinski definition) is 1. The Hall–Kier alpha value is -3.50. The summed E-state index contributed by atoms with van der Waals surface area (Å²) in [5, 5.41) is 2.70. The maximum absolute atomic E-state index is 13.3. The Morgan fingerprint density at radius 3 is 2.39 bits per heavy atom. The van der Waals surface area contributed by atoms with E-state index in [1.165, 1.54) is 4.57 Å². The number of nitrogens with zero attached hydrogens (tertiary/aromatic N) is 2. The van der Waals surface area contributed by atoms with Crippen LogP contribution in [0.1, 0.15) is 5.56 Å². The summed E-state index contributed by atoms with van der Waals surface area (Å²) >= 11 is 1.05. The third kappa shape index (κ3) is 4.67. The highest BCUT2D eigenvalue weighted by Gasteiger charge is 2.27. The fraction of sp³-hybridized carbons (Fsp3) is 0.130. The maximum atomic E-state index is 13.3. The van der Waals surface area contributed by atoms with E-state index in [0.717, 1.165) is 51.0 Å². The average Bonchev–Trinajstić information content (AvgIpc) is 3.06. The van der Waals surface area contributed by atoms with Crippen molar-refractivity contribution in [2.45, 2.75) is 11.8 Å². The number of nitrogens with one attached hydrogen (secondary N) is 1. The van der Waals surface area contributed by atoms with Gasteiger partial charge in [0.05, 0.1) is 20.8 Å². The lowest BCUT2D eigenvalue weighted by Crippen LogP contribution is -2.38. The van der Waals surface area contributed by atoms with Gasteiger partial charge in [0.1, 0.15) is 12.4 Å². The molecule has 10 heteroatoms. The molecule has 1 aromatic heterocycles. The van der Waals surface area contributed by atoms with Crippen molar-refractivity contribution in [3.05, 3.63) is 87.8 Å². The Balaban J connectivity index is 1.64. The first-order valence-electron chi connectivity index (χ1n) is 9.89. The molecule has 0 atom stereocenters. The number of rotatable bonds is 6. The summed E-state index contributed by atoms with van der Waals surface area (Å²) < 4.78 is 43.2. The number of amides is 1. The first-order valence-corrected chi connectivity index (χ1v) is 12.2. The number of aryl methyl sites for hydroxylation is 2. The second-order valence-electron chi connectivity index (χ2n) is 7.46. The Kier molecular flexibility index (Phi) is 6.05. The Morgan fingerprint density at radius 2 is 1.73 bits per heavy atom. The van der Waals surface area contributed by atoms with Gasteiger partial charge in [-0.25, -0.2) is 12.8 Å². The van der Waals surface area contributed by atoms with Crippen LogP contribution < -0.4 is 14.5 Å². The van der Waals surface area contributed by atoms with E-state index < -0.39 is 28.3 Å². The highest BCUT2D eigenvalue weighted by atomic mass is 32.2. The predicted molar refractivity (Wildman–Crippen MR) is 128 cm³/mol. The first-order chi connectivity index (χ1) is 15.6. The summed E-state index contributed by atoms with van der Waals surface area (Å²) in [6.45, 7) is 1.37. The van der Waals surface area contributed by atoms with E-state index in [9.17, 15) is 22.4 Å². The minimum Gasteiger partial charge on any atom is -0.324 e. The maximum Gasteiger partial charge on any atom is 0.307 e. The van der Waals surface area contributed by atoms with Crippen molar-refractivity contribution in [1.29, 1.82) is 0 Å². The monoisotopic (exact) mass is 485 g/mol. The van der Waals surface area contributed by atoms with Gasteiger partial charge in [0.15, 0.2) is 0 Å². The molecule has 0 aliphatic rings. The van der Waals surface area contributed by atoms with Gasteiger partial charge in [0.2, 0.25) is 5.91 Å². The van der Waals surface area contributed by atoms with E-state index >= 15 is 0 Å². The van der Waals surface area contributed by atoms with E-state index in [2.05, 4.69) is 5.32 Å². The highest BCUT2D eigenvalue weighted by Crippen LogP contribution is 2.25. The second kappa shape index (κ2) is 8.80. The van der Waals surface area contributed by atoms with E-state index in [0.29, 0.717) is 16.1 Å². The van der Waals surface area contributed by atoms with Crippen LogP contribution in [-0.2, 0) is 21.9 Å². The minimum atomic E-state index is -4.14. The summed E-state index contributed by atoms with van der Waals surface area (Å²) in [5.41, 5.74) is 2.41. The molecule has 0 unspecified atom stereocenters. The smallest absolute Gasteiger partial charge is 0.307 e. The summed E-state index contributed by atoms with van der Waals surface area (Å²) in [5.74, 6) is -1.13. The molecule has 33 heavy (non-hydrogen) atoms. The number of carbonyl (C=O) groups excluding carboxylic acids is 1. The van der Waals surface area contributed by atoms with Gasteiger partial charge >= 0.3 is 4.87 Å². The van der Waals surface area contributed by atoms with Crippen LogP contribution in [0.3, 0.4) is 0 Å². The van der Waals surface area contributed by atoms with Crippen LogP contribution in [-0.4, -0.2) is 25.4 Å². The number of carbonyl (C=O) groups is 1. The molecule has 1 heterocycles. The van der Waals surface area contributed by atoms with Crippen LogP contribution in [0.15, 0.2) is 76.4 Å². The molecule has 0 saturated heterocycles. The Morgan fingerprint density at radius 1 is 1.06 bits per heavy atom. The van der Waals surface area contributed by atoms with Crippen molar-refractivity contribution < 1.29 is 17.6 Å². The lowest BCUT2D eigenvalue weighted by molar-refractivity contribution is -0.114. The largest absolute Gasteiger partial charge is 0.324 e. The molecule has 0 aliphatic heterocycles. The molecule has 1 N–H and O–H groups in total. The van der Waals surface area contributed by atoms with Gasteiger partial charge in [-0.05, 0) is 61.5 Å². The van der Waals surface area contributed by atoms with Crippen molar-refractivity contribution in [1.82, 2.24) is 4.57 Å². The molecule has 170 valence electrons. The topological polar surface area (TPSA) is 88.5 Å². The number of thiazole rings is 1. The standard InChI is InChI=1S/C23H20FN3O4S2/c1-15-3-8-18(9-4-15)27(33(30,31)19-10-5-16(24)6-11-19)14-22(28)25-17-7-12-20-21(13-17)32-23(29)26(20)2/h3-13H,14H2,1-2H3,(H,25,28). The van der Waals surface area contributed by atoms with Crippen molar-refractivity contribution in [3.63, 3.8) is 0 Å². The van der Waals surface area contributed by atoms with E-state index in [1.807, 2.05) is 6.92 Å². The quantitative estimate of drug-likeness (QED) is 0.449. The molecule has 0 fully saturated rings. The zero-order valence-electron chi connectivity index (χ0n) is 17.8. The van der Waals surface area contributed by atoms with Gasteiger partial charge in [-0.1, -0.05) is 29.0 Å². The third-order valence-electron chi connectivity index (χ3n) is 5.09. The van der Waals surface area contributed by atoms with Crippen molar-refractivity contribution in [3.8, 4) is 0 Å². The van der Waals surface area contributed by atoms with Crippen LogP contribution in [0, 0.1) is 12.7 Å². The molecule has 7 nitrogen and oxygen atoms in total. The van der Waals surface area contributed by atoms with Gasteiger partial charge in [0, 0.05) is 12.7 Å². The van der Waals surface area contributed by atoms with E-state index in [4.69, 9.17) is 0 Å². The fourth-order valence-electron chi connectivity index (χ4n) is 3.30. The molecular weight excluding hydrogens is 465 g/mol. The average molecular weight is 486 g/mol.